The van der Waals surface area contributed by atoms with Crippen LogP contribution in [0.15, 0.2) is 48.6 Å². The van der Waals surface area contributed by atoms with Gasteiger partial charge in [-0.3, -0.25) is 14.4 Å². The van der Waals surface area contributed by atoms with Crippen LogP contribution >= 0.6 is 0 Å². The molecule has 0 rings (SSSR count). The maximum absolute atomic E-state index is 12.8. The lowest BCUT2D eigenvalue weighted by Crippen LogP contribution is -2.30. The summed E-state index contributed by atoms with van der Waals surface area (Å²) in [5.41, 5.74) is 0. The second-order valence-electron chi connectivity index (χ2n) is 18.1. The summed E-state index contributed by atoms with van der Waals surface area (Å²) in [6.45, 7) is 6.59. The summed E-state index contributed by atoms with van der Waals surface area (Å²) in [4.78, 5) is 38.0. The SMILES string of the molecule is CCCCCCCC/C=C\C/C=C\C/C=C\CCCC(=O)OC[C@H](COC(=O)CCCCCCC/C=C\CCCCCCCC)OC(=O)CCCCCCCCCCCCCCC. The van der Waals surface area contributed by atoms with Crippen LogP contribution in [0, 0.1) is 0 Å². The zero-order valence-corrected chi connectivity index (χ0v) is 41.8. The van der Waals surface area contributed by atoms with Gasteiger partial charge in [0.25, 0.3) is 0 Å². The molecule has 6 heteroatoms. The molecule has 0 saturated carbocycles. The van der Waals surface area contributed by atoms with Crippen LogP contribution in [-0.4, -0.2) is 37.2 Å². The van der Waals surface area contributed by atoms with Crippen molar-refractivity contribution in [2.75, 3.05) is 13.2 Å². The van der Waals surface area contributed by atoms with Gasteiger partial charge in [0, 0.05) is 19.3 Å². The van der Waals surface area contributed by atoms with Crippen molar-refractivity contribution in [2.45, 2.75) is 284 Å². The van der Waals surface area contributed by atoms with E-state index >= 15 is 0 Å². The minimum absolute atomic E-state index is 0.0906. The average Bonchev–Trinajstić information content (AvgIpc) is 3.28. The molecule has 0 heterocycles. The summed E-state index contributed by atoms with van der Waals surface area (Å²) in [6.07, 6.45) is 62.4. The molecule has 0 aliphatic carbocycles. The topological polar surface area (TPSA) is 78.9 Å². The minimum atomic E-state index is -0.793. The lowest BCUT2D eigenvalue weighted by Gasteiger charge is -2.18. The van der Waals surface area contributed by atoms with Crippen LogP contribution in [0.3, 0.4) is 0 Å². The number of esters is 3. The molecular weight excluding hydrogens is 781 g/mol. The number of unbranched alkanes of at least 4 members (excludes halogenated alkanes) is 30. The van der Waals surface area contributed by atoms with Crippen LogP contribution in [-0.2, 0) is 28.6 Å². The quantitative estimate of drug-likeness (QED) is 0.0262. The van der Waals surface area contributed by atoms with Crippen molar-refractivity contribution in [3.63, 3.8) is 0 Å². The van der Waals surface area contributed by atoms with E-state index < -0.39 is 6.10 Å². The number of rotatable bonds is 49. The lowest BCUT2D eigenvalue weighted by molar-refractivity contribution is -0.167. The zero-order chi connectivity index (χ0) is 45.8. The van der Waals surface area contributed by atoms with Gasteiger partial charge in [-0.2, -0.15) is 0 Å². The average molecular weight is 883 g/mol. The third kappa shape index (κ3) is 50.2. The molecule has 1 atom stereocenters. The molecule has 0 aromatic heterocycles. The zero-order valence-electron chi connectivity index (χ0n) is 41.8. The molecule has 6 nitrogen and oxygen atoms in total. The van der Waals surface area contributed by atoms with Crippen LogP contribution in [0.5, 0.6) is 0 Å². The Morgan fingerprint density at radius 1 is 0.317 bits per heavy atom. The second kappa shape index (κ2) is 52.0. The highest BCUT2D eigenvalue weighted by Gasteiger charge is 2.19. The standard InChI is InChI=1S/C57H102O6/c1-4-7-10-13-16-19-22-25-27-28-30-33-35-38-41-44-47-50-56(59)62-53-54(63-57(60)51-48-45-42-39-36-31-24-21-18-15-12-9-6-3)52-61-55(58)49-46-43-40-37-34-32-29-26-23-20-17-14-11-8-5-2/h25-27,29-30,33,38,41,54H,4-24,28,31-32,34-37,39-40,42-53H2,1-3H3/b27-25-,29-26-,33-30-,41-38-/t54-/m0/s1. The molecule has 0 saturated heterocycles. The first-order chi connectivity index (χ1) is 31.0. The van der Waals surface area contributed by atoms with Gasteiger partial charge in [0.05, 0.1) is 0 Å². The van der Waals surface area contributed by atoms with Crippen molar-refractivity contribution in [2.24, 2.45) is 0 Å². The van der Waals surface area contributed by atoms with Crippen molar-refractivity contribution in [3.05, 3.63) is 48.6 Å². The highest BCUT2D eigenvalue weighted by atomic mass is 16.6. The molecule has 0 spiro atoms. The number of carbonyl (C=O) groups excluding carboxylic acids is 3. The lowest BCUT2D eigenvalue weighted by atomic mass is 10.0. The molecule has 0 aromatic carbocycles. The van der Waals surface area contributed by atoms with Crippen molar-refractivity contribution < 1.29 is 28.6 Å². The molecule has 366 valence electrons. The van der Waals surface area contributed by atoms with Gasteiger partial charge in [-0.15, -0.1) is 0 Å². The smallest absolute Gasteiger partial charge is 0.306 e. The van der Waals surface area contributed by atoms with E-state index in [0.717, 1.165) is 64.2 Å². The Morgan fingerprint density at radius 2 is 0.587 bits per heavy atom. The van der Waals surface area contributed by atoms with Crippen molar-refractivity contribution in [1.82, 2.24) is 0 Å². The Morgan fingerprint density at radius 3 is 0.968 bits per heavy atom. The van der Waals surface area contributed by atoms with E-state index in [0.29, 0.717) is 25.7 Å². The third-order valence-corrected chi connectivity index (χ3v) is 11.8. The summed E-state index contributed by atoms with van der Waals surface area (Å²) in [7, 11) is 0. The fraction of sp³-hybridized carbons (Fsp3) is 0.807. The number of ether oxygens (including phenoxy) is 3. The molecule has 63 heavy (non-hydrogen) atoms. The largest absolute Gasteiger partial charge is 0.462 e. The van der Waals surface area contributed by atoms with Gasteiger partial charge in [0.2, 0.25) is 0 Å². The van der Waals surface area contributed by atoms with Crippen LogP contribution in [0.4, 0.5) is 0 Å². The monoisotopic (exact) mass is 883 g/mol. The van der Waals surface area contributed by atoms with Crippen LogP contribution in [0.2, 0.25) is 0 Å². The van der Waals surface area contributed by atoms with Crippen molar-refractivity contribution in [1.29, 1.82) is 0 Å². The van der Waals surface area contributed by atoms with Crippen LogP contribution in [0.25, 0.3) is 0 Å². The van der Waals surface area contributed by atoms with E-state index in [1.165, 1.54) is 167 Å². The molecule has 0 radical (unpaired) electrons. The first-order valence-electron chi connectivity index (χ1n) is 27.1. The van der Waals surface area contributed by atoms with Crippen molar-refractivity contribution >= 4 is 17.9 Å². The van der Waals surface area contributed by atoms with E-state index in [9.17, 15) is 14.4 Å². The third-order valence-electron chi connectivity index (χ3n) is 11.8. The van der Waals surface area contributed by atoms with E-state index in [4.69, 9.17) is 14.2 Å². The predicted molar refractivity (Wildman–Crippen MR) is 270 cm³/mol. The molecule has 0 amide bonds. The van der Waals surface area contributed by atoms with E-state index in [-0.39, 0.29) is 31.1 Å². The van der Waals surface area contributed by atoms with E-state index in [1.807, 2.05) is 0 Å². The van der Waals surface area contributed by atoms with E-state index in [2.05, 4.69) is 69.4 Å². The Hall–Kier alpha value is -2.63. The molecule has 0 unspecified atom stereocenters. The molecule has 0 N–H and O–H groups in total. The highest BCUT2D eigenvalue weighted by Crippen LogP contribution is 2.15. The van der Waals surface area contributed by atoms with Gasteiger partial charge in [0.1, 0.15) is 13.2 Å². The van der Waals surface area contributed by atoms with Gasteiger partial charge in [-0.05, 0) is 77.0 Å². The molecule has 0 bridgehead atoms. The molecule has 0 aromatic rings. The normalized spacial score (nSPS) is 12.4. The van der Waals surface area contributed by atoms with Gasteiger partial charge in [-0.25, -0.2) is 0 Å². The Kier molecular flexibility index (Phi) is 49.8. The van der Waals surface area contributed by atoms with E-state index in [1.54, 1.807) is 0 Å². The van der Waals surface area contributed by atoms with Gasteiger partial charge in [-0.1, -0.05) is 230 Å². The predicted octanol–water partition coefficient (Wildman–Crippen LogP) is 17.9. The van der Waals surface area contributed by atoms with Gasteiger partial charge < -0.3 is 14.2 Å². The fourth-order valence-electron chi connectivity index (χ4n) is 7.69. The fourth-order valence-corrected chi connectivity index (χ4v) is 7.69. The highest BCUT2D eigenvalue weighted by molar-refractivity contribution is 5.71. The Labute approximate surface area is 390 Å². The van der Waals surface area contributed by atoms with Gasteiger partial charge >= 0.3 is 17.9 Å². The summed E-state index contributed by atoms with van der Waals surface area (Å²) >= 11 is 0. The molecule has 0 aliphatic heterocycles. The number of carbonyl (C=O) groups is 3. The van der Waals surface area contributed by atoms with Crippen LogP contribution < -0.4 is 0 Å². The Balaban J connectivity index is 4.43. The maximum Gasteiger partial charge on any atom is 0.306 e. The number of hydrogen-bond acceptors (Lipinski definition) is 6. The Bertz CT molecular complexity index is 1110. The molecule has 0 aliphatic rings. The van der Waals surface area contributed by atoms with Crippen LogP contribution in [0.1, 0.15) is 278 Å². The number of allylic oxidation sites excluding steroid dienone is 8. The second-order valence-corrected chi connectivity index (χ2v) is 18.1. The minimum Gasteiger partial charge on any atom is -0.462 e. The first-order valence-corrected chi connectivity index (χ1v) is 27.1. The summed E-state index contributed by atoms with van der Waals surface area (Å²) in [5, 5.41) is 0. The number of hydrogen-bond donors (Lipinski definition) is 0. The van der Waals surface area contributed by atoms with Gasteiger partial charge in [0.15, 0.2) is 6.10 Å². The van der Waals surface area contributed by atoms with Crippen molar-refractivity contribution in [3.8, 4) is 0 Å². The summed E-state index contributed by atoms with van der Waals surface area (Å²) in [5.74, 6) is -0.943. The summed E-state index contributed by atoms with van der Waals surface area (Å²) < 4.78 is 16.8. The molecule has 0 fully saturated rings. The first kappa shape index (κ1) is 60.4. The summed E-state index contributed by atoms with van der Waals surface area (Å²) in [6, 6.07) is 0. The molecular formula is C57H102O6. The maximum atomic E-state index is 12.8.